The zero-order valence-corrected chi connectivity index (χ0v) is 29.7. The summed E-state index contributed by atoms with van der Waals surface area (Å²) in [6.07, 6.45) is 4.74. The summed E-state index contributed by atoms with van der Waals surface area (Å²) < 4.78 is -0.836. The molecule has 2 bridgehead atoms. The van der Waals surface area contributed by atoms with Gasteiger partial charge in [0.2, 0.25) is 11.8 Å². The van der Waals surface area contributed by atoms with Crippen molar-refractivity contribution < 1.29 is 19.5 Å². The minimum Gasteiger partial charge on any atom is -0.394 e. The summed E-state index contributed by atoms with van der Waals surface area (Å²) in [6, 6.07) is 14.4. The van der Waals surface area contributed by atoms with Crippen LogP contribution >= 0.6 is 27.7 Å². The number of nitrogens with zero attached hydrogens (tertiary/aromatic N) is 3. The summed E-state index contributed by atoms with van der Waals surface area (Å²) in [4.78, 5) is 49.9. The third-order valence-corrected chi connectivity index (χ3v) is 13.5. The highest BCUT2D eigenvalue weighted by atomic mass is 79.9. The van der Waals surface area contributed by atoms with Gasteiger partial charge in [0.1, 0.15) is 6.04 Å². The Labute approximate surface area is 286 Å². The molecule has 0 radical (unpaired) electrons. The number of aliphatic hydroxyl groups is 1. The van der Waals surface area contributed by atoms with Crippen LogP contribution in [0.5, 0.6) is 0 Å². The number of carbonyl (C=O) groups excluding carboxylic acids is 3. The predicted octanol–water partition coefficient (Wildman–Crippen LogP) is 5.91. The molecule has 3 aliphatic rings. The molecule has 2 aromatic rings. The lowest BCUT2D eigenvalue weighted by molar-refractivity contribution is -0.146. The van der Waals surface area contributed by atoms with E-state index in [4.69, 9.17) is 0 Å². The lowest BCUT2D eigenvalue weighted by Gasteiger charge is -2.41. The smallest absolute Gasteiger partial charge is 0.251 e. The molecule has 3 amide bonds. The highest BCUT2D eigenvalue weighted by molar-refractivity contribution is 9.09. The van der Waals surface area contributed by atoms with Crippen LogP contribution in [-0.2, 0) is 20.9 Å². The predicted molar refractivity (Wildman–Crippen MR) is 190 cm³/mol. The Hall–Kier alpha value is -2.88. The molecule has 0 aromatic heterocycles. The topological polar surface area (TPSA) is 81.2 Å². The molecule has 3 heterocycles. The average Bonchev–Trinajstić information content (AvgIpc) is 3.63. The molecule has 0 aliphatic carbocycles. The number of fused-ring (bicyclic) bond motifs is 1. The molecule has 5 rings (SSSR count). The monoisotopic (exact) mass is 707 g/mol. The van der Waals surface area contributed by atoms with Gasteiger partial charge in [0, 0.05) is 35.4 Å². The third kappa shape index (κ3) is 5.77. The van der Waals surface area contributed by atoms with Gasteiger partial charge in [0.15, 0.2) is 0 Å². The number of hydrogen-bond donors (Lipinski definition) is 1. The molecule has 7 nitrogen and oxygen atoms in total. The van der Waals surface area contributed by atoms with E-state index in [2.05, 4.69) is 29.1 Å². The van der Waals surface area contributed by atoms with Crippen molar-refractivity contribution in [2.24, 2.45) is 17.8 Å². The van der Waals surface area contributed by atoms with Gasteiger partial charge >= 0.3 is 0 Å². The van der Waals surface area contributed by atoms with Crippen molar-refractivity contribution in [3.05, 3.63) is 90.5 Å². The quantitative estimate of drug-likeness (QED) is 0.207. The minimum atomic E-state index is -0.857. The van der Waals surface area contributed by atoms with Crippen LogP contribution in [0.2, 0.25) is 0 Å². The van der Waals surface area contributed by atoms with Gasteiger partial charge in [0.05, 0.1) is 29.2 Å². The second-order valence-corrected chi connectivity index (χ2v) is 15.7. The zero-order chi connectivity index (χ0) is 33.3. The van der Waals surface area contributed by atoms with Gasteiger partial charge in [0.25, 0.3) is 5.91 Å². The fraction of sp³-hybridized carbons (Fsp3) is 0.486. The van der Waals surface area contributed by atoms with E-state index in [-0.39, 0.29) is 46.9 Å². The lowest BCUT2D eigenvalue weighted by atomic mass is 9.70. The molecular weight excluding hydrogens is 662 g/mol. The van der Waals surface area contributed by atoms with E-state index in [1.807, 2.05) is 76.2 Å². The maximum absolute atomic E-state index is 15.2. The number of para-hydroxylation sites is 1. The molecule has 8 atom stereocenters. The molecule has 3 saturated heterocycles. The van der Waals surface area contributed by atoms with Crippen molar-refractivity contribution in [3.63, 3.8) is 0 Å². The Balaban J connectivity index is 1.63. The van der Waals surface area contributed by atoms with Crippen LogP contribution in [-0.4, -0.2) is 79.2 Å². The summed E-state index contributed by atoms with van der Waals surface area (Å²) in [6.45, 7) is 16.7. The number of rotatable bonds is 13. The molecule has 2 aromatic carbocycles. The maximum Gasteiger partial charge on any atom is 0.251 e. The first-order valence-corrected chi connectivity index (χ1v) is 18.0. The van der Waals surface area contributed by atoms with Gasteiger partial charge in [-0.15, -0.1) is 24.9 Å². The molecule has 1 N–H and O–H groups in total. The summed E-state index contributed by atoms with van der Waals surface area (Å²) >= 11 is 5.54. The van der Waals surface area contributed by atoms with Crippen LogP contribution in [0.25, 0.3) is 0 Å². The first kappa shape index (κ1) is 34.5. The van der Waals surface area contributed by atoms with E-state index in [0.717, 1.165) is 28.8 Å². The van der Waals surface area contributed by atoms with Gasteiger partial charge in [-0.3, -0.25) is 14.4 Å². The summed E-state index contributed by atoms with van der Waals surface area (Å²) in [5.74, 6) is -1.86. The van der Waals surface area contributed by atoms with Crippen molar-refractivity contribution in [1.82, 2.24) is 9.80 Å². The number of likely N-dealkylation sites (tertiary alicyclic amines) is 1. The largest absolute Gasteiger partial charge is 0.394 e. The highest BCUT2D eigenvalue weighted by Crippen LogP contribution is 2.68. The highest BCUT2D eigenvalue weighted by Gasteiger charge is 2.76. The minimum absolute atomic E-state index is 0.0565. The number of benzene rings is 2. The fourth-order valence-corrected chi connectivity index (χ4v) is 11.6. The van der Waals surface area contributed by atoms with E-state index < -0.39 is 28.7 Å². The number of alkyl halides is 1. The van der Waals surface area contributed by atoms with Crippen molar-refractivity contribution in [3.8, 4) is 0 Å². The number of thioether (sulfide) groups is 1. The van der Waals surface area contributed by atoms with Gasteiger partial charge < -0.3 is 19.8 Å². The zero-order valence-electron chi connectivity index (χ0n) is 27.3. The van der Waals surface area contributed by atoms with Crippen molar-refractivity contribution in [2.75, 3.05) is 24.6 Å². The van der Waals surface area contributed by atoms with E-state index in [0.29, 0.717) is 19.5 Å². The SMILES string of the molecule is C=CCN(Cc1ccccc1)C(=O)[C@H]1[C@H]2C(=O)N([C@@H](CO)[C@@H](C)CC)C(C(=O)N(CC=C)c3c(C)cccc3C)C23CC(Br)[C@@H]1S3. The number of aliphatic hydroxyl groups excluding tert-OH is 1. The van der Waals surface area contributed by atoms with Crippen molar-refractivity contribution >= 4 is 51.1 Å². The first-order valence-electron chi connectivity index (χ1n) is 16.2. The molecule has 3 unspecified atom stereocenters. The van der Waals surface area contributed by atoms with E-state index in [9.17, 15) is 14.7 Å². The Morgan fingerprint density at radius 3 is 2.33 bits per heavy atom. The molecule has 1 spiro atoms. The van der Waals surface area contributed by atoms with Gasteiger partial charge in [-0.05, 0) is 42.9 Å². The molecule has 246 valence electrons. The van der Waals surface area contributed by atoms with E-state index >= 15 is 4.79 Å². The Kier molecular flexibility index (Phi) is 10.5. The van der Waals surface area contributed by atoms with Crippen LogP contribution in [0.4, 0.5) is 5.69 Å². The average molecular weight is 709 g/mol. The number of carbonyl (C=O) groups is 3. The van der Waals surface area contributed by atoms with Crippen LogP contribution in [0, 0.1) is 31.6 Å². The van der Waals surface area contributed by atoms with E-state index in [1.165, 1.54) is 0 Å². The van der Waals surface area contributed by atoms with Crippen LogP contribution in [0.15, 0.2) is 73.8 Å². The number of amides is 3. The number of halogens is 1. The Morgan fingerprint density at radius 1 is 1.09 bits per heavy atom. The second-order valence-electron chi connectivity index (χ2n) is 13.0. The van der Waals surface area contributed by atoms with Crippen LogP contribution < -0.4 is 4.90 Å². The summed E-state index contributed by atoms with van der Waals surface area (Å²) in [5, 5.41) is 10.6. The summed E-state index contributed by atoms with van der Waals surface area (Å²) in [7, 11) is 0. The van der Waals surface area contributed by atoms with E-state index in [1.54, 1.807) is 38.6 Å². The molecule has 46 heavy (non-hydrogen) atoms. The van der Waals surface area contributed by atoms with Gasteiger partial charge in [-0.2, -0.15) is 0 Å². The Bertz CT molecular complexity index is 1470. The molecule has 3 aliphatic heterocycles. The standard InChI is InChI=1S/C37H46BrN3O4S/c1-7-18-39(21-26-16-11-10-12-17-26)34(43)29-30-35(44)41(28(22-42)23(4)9-3)33(37(30)20-27(38)32(29)46-37)36(45)40(19-8-2)31-24(5)14-13-15-25(31)6/h7-8,10-17,23,27-30,32-33,42H,1-2,9,18-22H2,3-6H3/t23-,27?,28-,29-,30-,32-,33?,37?/m0/s1. The molecule has 0 saturated carbocycles. The molecule has 9 heteroatoms. The second kappa shape index (κ2) is 14.1. The number of anilines is 1. The Morgan fingerprint density at radius 2 is 1.74 bits per heavy atom. The lowest BCUT2D eigenvalue weighted by Crippen LogP contribution is -2.59. The van der Waals surface area contributed by atoms with Gasteiger partial charge in [-0.1, -0.05) is 96.9 Å². The third-order valence-electron chi connectivity index (χ3n) is 10.3. The van der Waals surface area contributed by atoms with Crippen LogP contribution in [0.1, 0.15) is 43.4 Å². The fourth-order valence-electron chi connectivity index (χ4n) is 8.00. The van der Waals surface area contributed by atoms with Crippen molar-refractivity contribution in [1.29, 1.82) is 0 Å². The molecule has 3 fully saturated rings. The molecular formula is C37H46BrN3O4S. The van der Waals surface area contributed by atoms with Crippen LogP contribution in [0.3, 0.4) is 0 Å². The first-order chi connectivity index (χ1) is 22.1. The number of hydrogen-bond acceptors (Lipinski definition) is 5. The normalized spacial score (nSPS) is 27.7. The number of aryl methyl sites for hydroxylation is 2. The van der Waals surface area contributed by atoms with Crippen molar-refractivity contribution in [2.45, 2.75) is 74.0 Å². The maximum atomic E-state index is 15.2. The summed E-state index contributed by atoms with van der Waals surface area (Å²) in [5.41, 5.74) is 3.72. The van der Waals surface area contributed by atoms with Gasteiger partial charge in [-0.25, -0.2) is 0 Å².